The number of nitrogens with zero attached hydrogens (tertiary/aromatic N) is 1. The number of fused-ring (bicyclic) bond motifs is 1. The van der Waals surface area contributed by atoms with Crippen molar-refractivity contribution in [3.8, 4) is 11.5 Å². The van der Waals surface area contributed by atoms with Crippen LogP contribution in [0.4, 0.5) is 5.13 Å². The second kappa shape index (κ2) is 21.8. The van der Waals surface area contributed by atoms with Crippen LogP contribution in [0.3, 0.4) is 0 Å². The Labute approximate surface area is 311 Å². The van der Waals surface area contributed by atoms with Gasteiger partial charge in [0.05, 0.1) is 29.0 Å². The van der Waals surface area contributed by atoms with E-state index in [2.05, 4.69) is 42.8 Å². The Hall–Kier alpha value is -5.28. The van der Waals surface area contributed by atoms with Crippen LogP contribution in [-0.2, 0) is 28.8 Å². The number of nitrogen functional groups attached to an aromatic ring is 1. The second-order valence-electron chi connectivity index (χ2n) is 12.4. The first-order valence-electron chi connectivity index (χ1n) is 17.9. The van der Waals surface area contributed by atoms with Crippen molar-refractivity contribution in [3.63, 3.8) is 0 Å². The molecule has 0 bridgehead atoms. The Bertz CT molecular complexity index is 1840. The topological polar surface area (TPSA) is 125 Å². The Kier molecular flexibility index (Phi) is 16.6. The third-order valence-electron chi connectivity index (χ3n) is 8.35. The zero-order chi connectivity index (χ0) is 37.0. The number of rotatable bonds is 19. The van der Waals surface area contributed by atoms with E-state index in [0.29, 0.717) is 41.0 Å². The maximum atomic E-state index is 12.8. The van der Waals surface area contributed by atoms with Gasteiger partial charge in [-0.15, -0.1) is 0 Å². The van der Waals surface area contributed by atoms with Gasteiger partial charge in [0.2, 0.25) is 0 Å². The maximum Gasteiger partial charge on any atom is 0.343 e. The molecular weight excluding hydrogens is 671 g/mol. The van der Waals surface area contributed by atoms with E-state index in [0.717, 1.165) is 60.7 Å². The SMILES string of the molecule is C=CC(=O)OCCCCCCOc1ccc(C(=O)Oc2ccc(CCc3ccc(CCCCC)cc3)cc2C=N)cc1.Nc1nc2ccccc2s1. The molecule has 4 aromatic carbocycles. The van der Waals surface area contributed by atoms with E-state index in [1.807, 2.05) is 36.4 Å². The van der Waals surface area contributed by atoms with Crippen LogP contribution >= 0.6 is 11.3 Å². The first kappa shape index (κ1) is 39.5. The van der Waals surface area contributed by atoms with Crippen molar-refractivity contribution < 1.29 is 23.8 Å². The average Bonchev–Trinajstić information content (AvgIpc) is 3.56. The molecule has 0 unspecified atom stereocenters. The van der Waals surface area contributed by atoms with Crippen molar-refractivity contribution >= 4 is 44.8 Å². The molecule has 272 valence electrons. The van der Waals surface area contributed by atoms with Gasteiger partial charge in [0.15, 0.2) is 5.13 Å². The van der Waals surface area contributed by atoms with Gasteiger partial charge in [-0.25, -0.2) is 14.6 Å². The van der Waals surface area contributed by atoms with Crippen LogP contribution < -0.4 is 15.2 Å². The van der Waals surface area contributed by atoms with Crippen molar-refractivity contribution in [1.29, 1.82) is 5.41 Å². The first-order valence-corrected chi connectivity index (χ1v) is 18.8. The lowest BCUT2D eigenvalue weighted by Crippen LogP contribution is -2.10. The number of carbonyl (C=O) groups excluding carboxylic acids is 2. The summed E-state index contributed by atoms with van der Waals surface area (Å²) in [7, 11) is 0. The summed E-state index contributed by atoms with van der Waals surface area (Å²) in [6, 6.07) is 29.3. The van der Waals surface area contributed by atoms with E-state index in [-0.39, 0.29) is 5.97 Å². The van der Waals surface area contributed by atoms with Gasteiger partial charge in [-0.3, -0.25) is 0 Å². The van der Waals surface area contributed by atoms with Crippen LogP contribution in [0.5, 0.6) is 11.5 Å². The Balaban J connectivity index is 0.000000513. The monoisotopic (exact) mass is 719 g/mol. The molecule has 0 saturated heterocycles. The number of benzene rings is 4. The molecule has 8 nitrogen and oxygen atoms in total. The standard InChI is InChI=1S/C36H43NO5.C7H6N2S/c1-3-5-8-11-28-12-14-29(15-13-28)16-17-30-18-23-34(32(26-30)27-37)42-36(39)31-19-21-33(22-20-31)40-24-9-6-7-10-25-41-35(38)4-2;8-7-9-5-3-1-2-4-6(5)10-7/h4,12-15,18-23,26-27,37H,2-3,5-11,16-17,24-25H2,1H3;1-4H,(H2,8,9). The molecule has 52 heavy (non-hydrogen) atoms. The van der Waals surface area contributed by atoms with E-state index < -0.39 is 5.97 Å². The van der Waals surface area contributed by atoms with Gasteiger partial charge in [0, 0.05) is 17.9 Å². The Morgan fingerprint density at radius 2 is 1.48 bits per heavy atom. The minimum atomic E-state index is -0.478. The summed E-state index contributed by atoms with van der Waals surface area (Å²) in [6.07, 6.45) is 12.6. The molecular formula is C43H49N3O5S. The number of thiazole rings is 1. The molecule has 9 heteroatoms. The number of aryl methyl sites for hydroxylation is 3. The number of para-hydroxylation sites is 1. The van der Waals surface area contributed by atoms with Crippen molar-refractivity contribution in [1.82, 2.24) is 4.98 Å². The van der Waals surface area contributed by atoms with Crippen LogP contribution in [-0.4, -0.2) is 36.4 Å². The summed E-state index contributed by atoms with van der Waals surface area (Å²) in [6.45, 7) is 6.56. The molecule has 0 aliphatic carbocycles. The molecule has 0 amide bonds. The van der Waals surface area contributed by atoms with Gasteiger partial charge in [0.1, 0.15) is 11.5 Å². The summed E-state index contributed by atoms with van der Waals surface area (Å²) >= 11 is 1.52. The smallest absolute Gasteiger partial charge is 0.343 e. The number of unbranched alkanes of at least 4 members (excludes halogenated alkanes) is 5. The van der Waals surface area contributed by atoms with Gasteiger partial charge in [0.25, 0.3) is 0 Å². The zero-order valence-corrected chi connectivity index (χ0v) is 30.8. The molecule has 0 atom stereocenters. The van der Waals surface area contributed by atoms with Crippen LogP contribution in [0, 0.1) is 5.41 Å². The summed E-state index contributed by atoms with van der Waals surface area (Å²) in [5, 5.41) is 8.48. The van der Waals surface area contributed by atoms with Crippen LogP contribution in [0.2, 0.25) is 0 Å². The van der Waals surface area contributed by atoms with Crippen molar-refractivity contribution in [2.75, 3.05) is 18.9 Å². The van der Waals surface area contributed by atoms with Crippen LogP contribution in [0.1, 0.15) is 84.5 Å². The molecule has 3 N–H and O–H groups in total. The maximum absolute atomic E-state index is 12.8. The van der Waals surface area contributed by atoms with E-state index in [4.69, 9.17) is 25.4 Å². The third-order valence-corrected chi connectivity index (χ3v) is 9.21. The summed E-state index contributed by atoms with van der Waals surface area (Å²) in [5.41, 5.74) is 11.2. The highest BCUT2D eigenvalue weighted by Crippen LogP contribution is 2.23. The molecule has 0 spiro atoms. The lowest BCUT2D eigenvalue weighted by Gasteiger charge is -2.11. The molecule has 1 aromatic heterocycles. The van der Waals surface area contributed by atoms with Crippen molar-refractivity contribution in [3.05, 3.63) is 131 Å². The highest BCUT2D eigenvalue weighted by molar-refractivity contribution is 7.22. The van der Waals surface area contributed by atoms with Crippen LogP contribution in [0.15, 0.2) is 104 Å². The minimum Gasteiger partial charge on any atom is -0.494 e. The lowest BCUT2D eigenvalue weighted by molar-refractivity contribution is -0.137. The molecule has 0 fully saturated rings. The van der Waals surface area contributed by atoms with E-state index >= 15 is 0 Å². The van der Waals surface area contributed by atoms with Crippen molar-refractivity contribution in [2.45, 2.75) is 71.1 Å². The number of nitrogens with two attached hydrogens (primary N) is 1. The number of hydrogen-bond acceptors (Lipinski definition) is 9. The van der Waals surface area contributed by atoms with Gasteiger partial charge < -0.3 is 25.4 Å². The van der Waals surface area contributed by atoms with Gasteiger partial charge in [-0.1, -0.05) is 80.1 Å². The van der Waals surface area contributed by atoms with E-state index in [9.17, 15) is 9.59 Å². The average molecular weight is 720 g/mol. The van der Waals surface area contributed by atoms with E-state index in [1.54, 1.807) is 30.3 Å². The highest BCUT2D eigenvalue weighted by atomic mass is 32.1. The summed E-state index contributed by atoms with van der Waals surface area (Å²) in [4.78, 5) is 27.9. The van der Waals surface area contributed by atoms with Gasteiger partial charge >= 0.3 is 11.9 Å². The van der Waals surface area contributed by atoms with E-state index in [1.165, 1.54) is 54.0 Å². The molecule has 5 aromatic rings. The predicted octanol–water partition coefficient (Wildman–Crippen LogP) is 9.97. The molecule has 0 radical (unpaired) electrons. The second-order valence-corrected chi connectivity index (χ2v) is 13.4. The highest BCUT2D eigenvalue weighted by Gasteiger charge is 2.12. The fraction of sp³-hybridized carbons (Fsp3) is 0.302. The number of carbonyl (C=O) groups is 2. The number of hydrogen-bond donors (Lipinski definition) is 2. The lowest BCUT2D eigenvalue weighted by atomic mass is 10.00. The Morgan fingerprint density at radius 3 is 2.17 bits per heavy atom. The molecule has 0 aliphatic rings. The van der Waals surface area contributed by atoms with Crippen molar-refractivity contribution in [2.24, 2.45) is 0 Å². The normalized spacial score (nSPS) is 10.6. The minimum absolute atomic E-state index is 0.370. The van der Waals surface area contributed by atoms with Crippen LogP contribution in [0.25, 0.3) is 10.2 Å². The fourth-order valence-electron chi connectivity index (χ4n) is 5.42. The molecule has 1 heterocycles. The number of anilines is 1. The number of nitrogens with one attached hydrogen (secondary N) is 1. The fourth-order valence-corrected chi connectivity index (χ4v) is 6.15. The summed E-state index contributed by atoms with van der Waals surface area (Å²) in [5.74, 6) is 0.185. The first-order chi connectivity index (χ1) is 25.4. The molecule has 0 aliphatic heterocycles. The molecule has 5 rings (SSSR count). The Morgan fingerprint density at radius 1 is 0.808 bits per heavy atom. The zero-order valence-electron chi connectivity index (χ0n) is 30.0. The summed E-state index contributed by atoms with van der Waals surface area (Å²) < 4.78 is 17.5. The number of esters is 2. The number of ether oxygens (including phenoxy) is 3. The van der Waals surface area contributed by atoms with Gasteiger partial charge in [-0.05, 0) is 117 Å². The largest absolute Gasteiger partial charge is 0.494 e. The number of aromatic nitrogens is 1. The molecule has 0 saturated carbocycles. The van der Waals surface area contributed by atoms with Gasteiger partial charge in [-0.2, -0.15) is 0 Å². The third kappa shape index (κ3) is 13.5. The predicted molar refractivity (Wildman–Crippen MR) is 212 cm³/mol. The quantitative estimate of drug-likeness (QED) is 0.0286.